The summed E-state index contributed by atoms with van der Waals surface area (Å²) >= 11 is 11.7. The molecule has 106 valence electrons. The number of aliphatic hydroxyl groups is 1. The fraction of sp³-hybridized carbons (Fsp3) is 0.200. The minimum atomic E-state index is -0.956. The van der Waals surface area contributed by atoms with Crippen molar-refractivity contribution in [3.63, 3.8) is 0 Å². The van der Waals surface area contributed by atoms with Gasteiger partial charge in [0.1, 0.15) is 5.82 Å². The Morgan fingerprint density at radius 3 is 2.30 bits per heavy atom. The monoisotopic (exact) mass is 313 g/mol. The summed E-state index contributed by atoms with van der Waals surface area (Å²) in [6.45, 7) is 0. The van der Waals surface area contributed by atoms with Crippen LogP contribution < -0.4 is 5.73 Å². The fourth-order valence-corrected chi connectivity index (χ4v) is 2.46. The zero-order valence-corrected chi connectivity index (χ0v) is 12.1. The van der Waals surface area contributed by atoms with Crippen molar-refractivity contribution in [3.8, 4) is 0 Å². The minimum Gasteiger partial charge on any atom is -0.391 e. The summed E-state index contributed by atoms with van der Waals surface area (Å²) in [6, 6.07) is 11.2. The number of nitrogens with two attached hydrogens (primary N) is 1. The van der Waals surface area contributed by atoms with Crippen LogP contribution in [0.5, 0.6) is 0 Å². The number of aliphatic hydroxyl groups excluding tert-OH is 1. The van der Waals surface area contributed by atoms with Crippen LogP contribution in [0.15, 0.2) is 42.5 Å². The first-order chi connectivity index (χ1) is 9.50. The molecule has 0 fully saturated rings. The van der Waals surface area contributed by atoms with Gasteiger partial charge in [-0.1, -0.05) is 53.5 Å². The van der Waals surface area contributed by atoms with E-state index in [4.69, 9.17) is 28.9 Å². The van der Waals surface area contributed by atoms with Crippen molar-refractivity contribution >= 4 is 23.2 Å². The summed E-state index contributed by atoms with van der Waals surface area (Å²) in [6.07, 6.45) is -0.646. The standard InChI is InChI=1S/C15H14Cl2FNO/c16-10-6-7-11(17)14(18)13(10)15(19)12(20)8-9-4-2-1-3-5-9/h1-7,12,15,20H,8,19H2/t12-,15-/m1/s1. The van der Waals surface area contributed by atoms with Gasteiger partial charge in [0.05, 0.1) is 17.2 Å². The second-order valence-electron chi connectivity index (χ2n) is 4.54. The van der Waals surface area contributed by atoms with E-state index in [0.717, 1.165) is 5.56 Å². The number of halogens is 3. The third-order valence-electron chi connectivity index (χ3n) is 3.11. The van der Waals surface area contributed by atoms with Crippen LogP contribution in [-0.2, 0) is 6.42 Å². The van der Waals surface area contributed by atoms with Crippen LogP contribution in [0, 0.1) is 5.82 Å². The van der Waals surface area contributed by atoms with Gasteiger partial charge in [0, 0.05) is 17.0 Å². The third-order valence-corrected chi connectivity index (χ3v) is 3.74. The Balaban J connectivity index is 2.23. The van der Waals surface area contributed by atoms with Gasteiger partial charge in [0.2, 0.25) is 0 Å². The van der Waals surface area contributed by atoms with Crippen LogP contribution in [0.1, 0.15) is 17.2 Å². The van der Waals surface area contributed by atoms with Gasteiger partial charge in [-0.05, 0) is 17.7 Å². The molecule has 2 aromatic carbocycles. The Bertz CT molecular complexity index is 592. The average molecular weight is 314 g/mol. The van der Waals surface area contributed by atoms with Crippen molar-refractivity contribution in [2.45, 2.75) is 18.6 Å². The summed E-state index contributed by atoms with van der Waals surface area (Å²) in [4.78, 5) is 0. The molecule has 3 N–H and O–H groups in total. The summed E-state index contributed by atoms with van der Waals surface area (Å²) < 4.78 is 14.0. The van der Waals surface area contributed by atoms with E-state index < -0.39 is 18.0 Å². The van der Waals surface area contributed by atoms with Gasteiger partial charge < -0.3 is 10.8 Å². The smallest absolute Gasteiger partial charge is 0.148 e. The molecule has 20 heavy (non-hydrogen) atoms. The number of benzene rings is 2. The molecule has 0 unspecified atom stereocenters. The highest BCUT2D eigenvalue weighted by Gasteiger charge is 2.24. The second-order valence-corrected chi connectivity index (χ2v) is 5.35. The van der Waals surface area contributed by atoms with Crippen LogP contribution in [-0.4, -0.2) is 11.2 Å². The third kappa shape index (κ3) is 3.30. The van der Waals surface area contributed by atoms with Gasteiger partial charge in [-0.3, -0.25) is 0 Å². The van der Waals surface area contributed by atoms with Crippen molar-refractivity contribution in [1.29, 1.82) is 0 Å². The van der Waals surface area contributed by atoms with Crippen molar-refractivity contribution in [2.24, 2.45) is 5.73 Å². The molecular weight excluding hydrogens is 300 g/mol. The Morgan fingerprint density at radius 2 is 1.65 bits per heavy atom. The zero-order chi connectivity index (χ0) is 14.7. The summed E-state index contributed by atoms with van der Waals surface area (Å²) in [7, 11) is 0. The molecule has 0 saturated heterocycles. The van der Waals surface area contributed by atoms with Gasteiger partial charge in [-0.2, -0.15) is 0 Å². The summed E-state index contributed by atoms with van der Waals surface area (Å²) in [5, 5.41) is 10.3. The molecule has 5 heteroatoms. The van der Waals surface area contributed by atoms with E-state index in [0.29, 0.717) is 6.42 Å². The molecule has 2 aromatic rings. The van der Waals surface area contributed by atoms with Gasteiger partial charge in [0.15, 0.2) is 0 Å². The molecule has 2 atom stereocenters. The van der Waals surface area contributed by atoms with Gasteiger partial charge in [0.25, 0.3) is 0 Å². The lowest BCUT2D eigenvalue weighted by Crippen LogP contribution is -2.29. The van der Waals surface area contributed by atoms with Crippen LogP contribution >= 0.6 is 23.2 Å². The zero-order valence-electron chi connectivity index (χ0n) is 10.6. The highest BCUT2D eigenvalue weighted by molar-refractivity contribution is 6.33. The van der Waals surface area contributed by atoms with E-state index in [1.54, 1.807) is 0 Å². The Labute approximate surface area is 126 Å². The first-order valence-corrected chi connectivity index (χ1v) is 6.87. The number of rotatable bonds is 4. The molecular formula is C15H14Cl2FNO. The van der Waals surface area contributed by atoms with Crippen LogP contribution in [0.2, 0.25) is 10.0 Å². The van der Waals surface area contributed by atoms with E-state index >= 15 is 0 Å². The van der Waals surface area contributed by atoms with Gasteiger partial charge in [-0.25, -0.2) is 4.39 Å². The van der Waals surface area contributed by atoms with Crippen molar-refractivity contribution in [2.75, 3.05) is 0 Å². The Kier molecular flexibility index (Phi) is 5.00. The molecule has 0 aromatic heterocycles. The fourth-order valence-electron chi connectivity index (χ4n) is 2.02. The van der Waals surface area contributed by atoms with Crippen molar-refractivity contribution < 1.29 is 9.50 Å². The van der Waals surface area contributed by atoms with Crippen LogP contribution in [0.3, 0.4) is 0 Å². The number of hydrogen-bond acceptors (Lipinski definition) is 2. The van der Waals surface area contributed by atoms with Crippen molar-refractivity contribution in [3.05, 3.63) is 69.5 Å². The first kappa shape index (κ1) is 15.3. The maximum atomic E-state index is 14.0. The molecule has 2 nitrogen and oxygen atoms in total. The van der Waals surface area contributed by atoms with Crippen molar-refractivity contribution in [1.82, 2.24) is 0 Å². The van der Waals surface area contributed by atoms with Crippen LogP contribution in [0.25, 0.3) is 0 Å². The lowest BCUT2D eigenvalue weighted by Gasteiger charge is -2.21. The van der Waals surface area contributed by atoms with Gasteiger partial charge in [-0.15, -0.1) is 0 Å². The molecule has 0 aliphatic heterocycles. The quantitative estimate of drug-likeness (QED) is 0.845. The lowest BCUT2D eigenvalue weighted by molar-refractivity contribution is 0.143. The predicted octanol–water partition coefficient (Wildman–Crippen LogP) is 3.74. The highest BCUT2D eigenvalue weighted by atomic mass is 35.5. The topological polar surface area (TPSA) is 46.2 Å². The molecule has 0 aliphatic rings. The molecule has 0 radical (unpaired) electrons. The summed E-state index contributed by atoms with van der Waals surface area (Å²) in [5.74, 6) is -0.682. The maximum Gasteiger partial charge on any atom is 0.148 e. The van der Waals surface area contributed by atoms with E-state index in [1.807, 2.05) is 30.3 Å². The van der Waals surface area contributed by atoms with E-state index in [2.05, 4.69) is 0 Å². The molecule has 0 amide bonds. The van der Waals surface area contributed by atoms with E-state index in [1.165, 1.54) is 12.1 Å². The SMILES string of the molecule is N[C@@H](c1c(Cl)ccc(Cl)c1F)[C@H](O)Cc1ccccc1. The molecule has 0 bridgehead atoms. The maximum absolute atomic E-state index is 14.0. The summed E-state index contributed by atoms with van der Waals surface area (Å²) in [5.41, 5.74) is 6.88. The first-order valence-electron chi connectivity index (χ1n) is 6.11. The molecule has 0 saturated carbocycles. The molecule has 0 aliphatic carbocycles. The second kappa shape index (κ2) is 6.55. The predicted molar refractivity (Wildman–Crippen MR) is 79.5 cm³/mol. The largest absolute Gasteiger partial charge is 0.391 e. The highest BCUT2D eigenvalue weighted by Crippen LogP contribution is 2.31. The van der Waals surface area contributed by atoms with E-state index in [-0.39, 0.29) is 15.6 Å². The van der Waals surface area contributed by atoms with Crippen LogP contribution in [0.4, 0.5) is 4.39 Å². The Hall–Kier alpha value is -1.13. The normalized spacial score (nSPS) is 14.1. The molecule has 2 rings (SSSR count). The molecule has 0 heterocycles. The minimum absolute atomic E-state index is 0.0441. The molecule has 0 spiro atoms. The number of hydrogen-bond donors (Lipinski definition) is 2. The van der Waals surface area contributed by atoms with E-state index in [9.17, 15) is 9.50 Å². The Morgan fingerprint density at radius 1 is 1.05 bits per heavy atom. The average Bonchev–Trinajstić information content (AvgIpc) is 2.44. The lowest BCUT2D eigenvalue weighted by atomic mass is 9.96. The van der Waals surface area contributed by atoms with Gasteiger partial charge >= 0.3 is 0 Å².